The molecule has 2 aliphatic rings. The molecule has 1 heterocycles. The minimum Gasteiger partial charge on any atom is -0.326 e. The molecule has 0 saturated carbocycles. The van der Waals surface area contributed by atoms with E-state index in [0.717, 1.165) is 0 Å². The number of carbonyl (C=O) groups is 3. The minimum atomic E-state index is -0.366. The van der Waals surface area contributed by atoms with Gasteiger partial charge in [-0.05, 0) is 43.5 Å². The molecular formula is C18H19FN2O3. The molecule has 0 aromatic heterocycles. The van der Waals surface area contributed by atoms with E-state index >= 15 is 0 Å². The second-order valence-electron chi connectivity index (χ2n) is 6.24. The minimum absolute atomic E-state index is 0.0289. The summed E-state index contributed by atoms with van der Waals surface area (Å²) in [6.45, 7) is 1.78. The molecule has 1 aliphatic carbocycles. The number of hydrogen-bond acceptors (Lipinski definition) is 3. The Morgan fingerprint density at radius 3 is 2.42 bits per heavy atom. The first kappa shape index (κ1) is 16.4. The van der Waals surface area contributed by atoms with Gasteiger partial charge in [-0.1, -0.05) is 12.2 Å². The number of nitrogens with zero attached hydrogens (tertiary/aromatic N) is 1. The number of amides is 3. The van der Waals surface area contributed by atoms with Crippen molar-refractivity contribution in [2.75, 3.05) is 11.9 Å². The van der Waals surface area contributed by atoms with Crippen molar-refractivity contribution in [1.82, 2.24) is 4.90 Å². The van der Waals surface area contributed by atoms with Crippen LogP contribution in [0, 0.1) is 24.6 Å². The molecule has 2 atom stereocenters. The Balaban J connectivity index is 1.58. The van der Waals surface area contributed by atoms with E-state index < -0.39 is 0 Å². The van der Waals surface area contributed by atoms with Crippen LogP contribution in [0.2, 0.25) is 0 Å². The Kier molecular flexibility index (Phi) is 4.46. The summed E-state index contributed by atoms with van der Waals surface area (Å²) in [6, 6.07) is 4.10. The standard InChI is InChI=1S/C18H19FN2O3/c1-11-10-12(19)6-7-15(11)20-16(22)8-9-21-17(23)13-4-2-3-5-14(13)18(21)24/h2-3,6-7,10,13-14H,4-5,8-9H2,1H3,(H,20,22)/t13-,14-/m0/s1. The highest BCUT2D eigenvalue weighted by molar-refractivity contribution is 6.05. The van der Waals surface area contributed by atoms with Gasteiger partial charge in [0.05, 0.1) is 11.8 Å². The van der Waals surface area contributed by atoms with Crippen LogP contribution in [0.3, 0.4) is 0 Å². The number of carbonyl (C=O) groups excluding carboxylic acids is 3. The number of allylic oxidation sites excluding steroid dienone is 2. The molecule has 126 valence electrons. The van der Waals surface area contributed by atoms with Crippen LogP contribution in [-0.2, 0) is 14.4 Å². The summed E-state index contributed by atoms with van der Waals surface area (Å²) < 4.78 is 13.1. The summed E-state index contributed by atoms with van der Waals surface area (Å²) in [4.78, 5) is 37.9. The monoisotopic (exact) mass is 330 g/mol. The van der Waals surface area contributed by atoms with Gasteiger partial charge in [-0.15, -0.1) is 0 Å². The van der Waals surface area contributed by atoms with E-state index in [1.807, 2.05) is 12.2 Å². The van der Waals surface area contributed by atoms with Crippen molar-refractivity contribution in [3.8, 4) is 0 Å². The highest BCUT2D eigenvalue weighted by Crippen LogP contribution is 2.35. The number of hydrogen-bond donors (Lipinski definition) is 1. The molecular weight excluding hydrogens is 311 g/mol. The third-order valence-corrected chi connectivity index (χ3v) is 4.62. The van der Waals surface area contributed by atoms with Crippen molar-refractivity contribution >= 4 is 23.4 Å². The average Bonchev–Trinajstić information content (AvgIpc) is 2.80. The van der Waals surface area contributed by atoms with Gasteiger partial charge in [-0.25, -0.2) is 4.39 Å². The molecule has 1 N–H and O–H groups in total. The molecule has 1 aromatic rings. The lowest BCUT2D eigenvalue weighted by Crippen LogP contribution is -2.34. The second kappa shape index (κ2) is 6.55. The lowest BCUT2D eigenvalue weighted by molar-refractivity contribution is -0.140. The topological polar surface area (TPSA) is 66.5 Å². The van der Waals surface area contributed by atoms with Crippen LogP contribution in [0.15, 0.2) is 30.4 Å². The van der Waals surface area contributed by atoms with E-state index in [0.29, 0.717) is 24.1 Å². The molecule has 5 nitrogen and oxygen atoms in total. The van der Waals surface area contributed by atoms with Crippen LogP contribution in [0.5, 0.6) is 0 Å². The Morgan fingerprint density at radius 1 is 1.21 bits per heavy atom. The van der Waals surface area contributed by atoms with Gasteiger partial charge in [-0.2, -0.15) is 0 Å². The van der Waals surface area contributed by atoms with Crippen LogP contribution in [0.25, 0.3) is 0 Å². The van der Waals surface area contributed by atoms with E-state index in [9.17, 15) is 18.8 Å². The van der Waals surface area contributed by atoms with Crippen molar-refractivity contribution < 1.29 is 18.8 Å². The maximum Gasteiger partial charge on any atom is 0.233 e. The summed E-state index contributed by atoms with van der Waals surface area (Å²) in [7, 11) is 0. The summed E-state index contributed by atoms with van der Waals surface area (Å²) in [5.74, 6) is -1.58. The predicted octanol–water partition coefficient (Wildman–Crippen LogP) is 2.41. The van der Waals surface area contributed by atoms with Crippen molar-refractivity contribution in [3.05, 3.63) is 41.7 Å². The van der Waals surface area contributed by atoms with Gasteiger partial charge in [-0.3, -0.25) is 19.3 Å². The van der Waals surface area contributed by atoms with Crippen molar-refractivity contribution in [2.45, 2.75) is 26.2 Å². The zero-order valence-electron chi connectivity index (χ0n) is 13.4. The Labute approximate surface area is 139 Å². The number of aryl methyl sites for hydroxylation is 1. The molecule has 3 rings (SSSR count). The molecule has 0 unspecified atom stereocenters. The molecule has 0 bridgehead atoms. The van der Waals surface area contributed by atoms with Crippen LogP contribution >= 0.6 is 0 Å². The van der Waals surface area contributed by atoms with Crippen LogP contribution in [0.4, 0.5) is 10.1 Å². The van der Waals surface area contributed by atoms with Gasteiger partial charge < -0.3 is 5.32 Å². The Bertz CT molecular complexity index is 703. The number of benzene rings is 1. The largest absolute Gasteiger partial charge is 0.326 e. The van der Waals surface area contributed by atoms with Crippen molar-refractivity contribution in [3.63, 3.8) is 0 Å². The van der Waals surface area contributed by atoms with Gasteiger partial charge >= 0.3 is 0 Å². The molecule has 1 fully saturated rings. The summed E-state index contributed by atoms with van der Waals surface area (Å²) >= 11 is 0. The zero-order valence-corrected chi connectivity index (χ0v) is 13.4. The van der Waals surface area contributed by atoms with E-state index in [1.165, 1.54) is 23.1 Å². The molecule has 1 aromatic carbocycles. The normalized spacial score (nSPS) is 22.7. The number of likely N-dealkylation sites (tertiary alicyclic amines) is 1. The summed E-state index contributed by atoms with van der Waals surface area (Å²) in [5.41, 5.74) is 1.15. The van der Waals surface area contributed by atoms with Gasteiger partial charge in [0.1, 0.15) is 5.82 Å². The molecule has 6 heteroatoms. The Morgan fingerprint density at radius 2 is 1.83 bits per heavy atom. The molecule has 0 spiro atoms. The number of halogens is 1. The molecule has 1 saturated heterocycles. The zero-order chi connectivity index (χ0) is 17.3. The van der Waals surface area contributed by atoms with Crippen molar-refractivity contribution in [1.29, 1.82) is 0 Å². The number of nitrogens with one attached hydrogen (secondary N) is 1. The lowest BCUT2D eigenvalue weighted by Gasteiger charge is -2.15. The maximum absolute atomic E-state index is 13.1. The second-order valence-corrected chi connectivity index (χ2v) is 6.24. The fourth-order valence-electron chi connectivity index (χ4n) is 3.28. The number of imide groups is 1. The highest BCUT2D eigenvalue weighted by Gasteiger charge is 2.46. The van der Waals surface area contributed by atoms with Crippen LogP contribution < -0.4 is 5.32 Å². The first-order valence-electron chi connectivity index (χ1n) is 8.03. The smallest absolute Gasteiger partial charge is 0.233 e. The first-order valence-corrected chi connectivity index (χ1v) is 8.03. The van der Waals surface area contributed by atoms with Gasteiger partial charge in [0.15, 0.2) is 0 Å². The number of rotatable bonds is 4. The molecule has 1 aliphatic heterocycles. The number of anilines is 1. The van der Waals surface area contributed by atoms with E-state index in [1.54, 1.807) is 6.92 Å². The van der Waals surface area contributed by atoms with E-state index in [2.05, 4.69) is 5.32 Å². The van der Waals surface area contributed by atoms with Crippen LogP contribution in [-0.4, -0.2) is 29.2 Å². The SMILES string of the molecule is Cc1cc(F)ccc1NC(=O)CCN1C(=O)[C@H]2CC=CC[C@@H]2C1=O. The maximum atomic E-state index is 13.1. The highest BCUT2D eigenvalue weighted by atomic mass is 19.1. The third-order valence-electron chi connectivity index (χ3n) is 4.62. The fraction of sp³-hybridized carbons (Fsp3) is 0.389. The van der Waals surface area contributed by atoms with Crippen LogP contribution in [0.1, 0.15) is 24.8 Å². The van der Waals surface area contributed by atoms with Gasteiger partial charge in [0.25, 0.3) is 0 Å². The molecule has 0 radical (unpaired) electrons. The predicted molar refractivity (Wildman–Crippen MR) is 86.5 cm³/mol. The van der Waals surface area contributed by atoms with Gasteiger partial charge in [0.2, 0.25) is 17.7 Å². The van der Waals surface area contributed by atoms with E-state index in [4.69, 9.17) is 0 Å². The number of fused-ring (bicyclic) bond motifs is 1. The van der Waals surface area contributed by atoms with Gasteiger partial charge in [0, 0.05) is 18.7 Å². The molecule has 24 heavy (non-hydrogen) atoms. The molecule has 3 amide bonds. The van der Waals surface area contributed by atoms with E-state index in [-0.39, 0.29) is 48.3 Å². The first-order chi connectivity index (χ1) is 11.5. The summed E-state index contributed by atoms with van der Waals surface area (Å²) in [5, 5.41) is 2.69. The van der Waals surface area contributed by atoms with Crippen molar-refractivity contribution in [2.24, 2.45) is 11.8 Å². The fourth-order valence-corrected chi connectivity index (χ4v) is 3.28. The average molecular weight is 330 g/mol. The summed E-state index contributed by atoms with van der Waals surface area (Å²) in [6.07, 6.45) is 5.07. The quantitative estimate of drug-likeness (QED) is 0.681. The lowest BCUT2D eigenvalue weighted by atomic mass is 9.85. The third kappa shape index (κ3) is 3.09. The Hall–Kier alpha value is -2.50.